The standard InChI is InChI=1S/C8H12N4O/c1-11-4-3-7(10-11)12-5-2-6(9)8(12)13/h3-4,6H,2,5,9H2,1H3. The van der Waals surface area contributed by atoms with Crippen molar-refractivity contribution < 1.29 is 4.79 Å². The second kappa shape index (κ2) is 2.85. The molecule has 1 aromatic heterocycles. The fourth-order valence-corrected chi connectivity index (χ4v) is 1.48. The van der Waals surface area contributed by atoms with Crippen molar-refractivity contribution >= 4 is 11.7 Å². The maximum Gasteiger partial charge on any atom is 0.245 e. The van der Waals surface area contributed by atoms with Crippen molar-refractivity contribution in [1.82, 2.24) is 9.78 Å². The van der Waals surface area contributed by atoms with Crippen molar-refractivity contribution in [2.45, 2.75) is 12.5 Å². The molecular weight excluding hydrogens is 168 g/mol. The van der Waals surface area contributed by atoms with Crippen LogP contribution in [0.1, 0.15) is 6.42 Å². The molecule has 0 spiro atoms. The lowest BCUT2D eigenvalue weighted by molar-refractivity contribution is -0.118. The number of aromatic nitrogens is 2. The predicted molar refractivity (Wildman–Crippen MR) is 48.2 cm³/mol. The number of aryl methyl sites for hydroxylation is 1. The lowest BCUT2D eigenvalue weighted by Crippen LogP contribution is -2.34. The minimum Gasteiger partial charge on any atom is -0.320 e. The van der Waals surface area contributed by atoms with E-state index in [1.54, 1.807) is 9.58 Å². The van der Waals surface area contributed by atoms with Crippen molar-refractivity contribution in [1.29, 1.82) is 0 Å². The van der Waals surface area contributed by atoms with E-state index in [0.717, 1.165) is 6.42 Å². The highest BCUT2D eigenvalue weighted by Gasteiger charge is 2.30. The van der Waals surface area contributed by atoms with Crippen molar-refractivity contribution in [2.24, 2.45) is 12.8 Å². The normalized spacial score (nSPS) is 22.8. The summed E-state index contributed by atoms with van der Waals surface area (Å²) in [5, 5.41) is 4.14. The Morgan fingerprint density at radius 3 is 2.92 bits per heavy atom. The molecule has 1 aromatic rings. The number of anilines is 1. The molecule has 1 aliphatic heterocycles. The smallest absolute Gasteiger partial charge is 0.245 e. The first-order chi connectivity index (χ1) is 6.18. The summed E-state index contributed by atoms with van der Waals surface area (Å²) in [5.74, 6) is 0.666. The van der Waals surface area contributed by atoms with Crippen LogP contribution in [-0.2, 0) is 11.8 Å². The molecule has 5 heteroatoms. The van der Waals surface area contributed by atoms with E-state index in [1.807, 2.05) is 19.3 Å². The van der Waals surface area contributed by atoms with Gasteiger partial charge < -0.3 is 5.73 Å². The average Bonchev–Trinajstić information content (AvgIpc) is 2.62. The quantitative estimate of drug-likeness (QED) is 0.632. The topological polar surface area (TPSA) is 64.2 Å². The van der Waals surface area contributed by atoms with Gasteiger partial charge in [0.25, 0.3) is 0 Å². The van der Waals surface area contributed by atoms with Crippen LogP contribution < -0.4 is 10.6 Å². The number of hydrogen-bond donors (Lipinski definition) is 1. The molecule has 70 valence electrons. The van der Waals surface area contributed by atoms with Crippen LogP contribution >= 0.6 is 0 Å². The zero-order valence-electron chi connectivity index (χ0n) is 7.47. The van der Waals surface area contributed by atoms with E-state index in [1.165, 1.54) is 0 Å². The van der Waals surface area contributed by atoms with Gasteiger partial charge in [-0.3, -0.25) is 14.4 Å². The molecule has 1 atom stereocenters. The van der Waals surface area contributed by atoms with Gasteiger partial charge in [0.1, 0.15) is 0 Å². The molecule has 2 N–H and O–H groups in total. The number of nitrogens with two attached hydrogens (primary N) is 1. The van der Waals surface area contributed by atoms with Crippen LogP contribution in [0.25, 0.3) is 0 Å². The Labute approximate surface area is 76.1 Å². The summed E-state index contributed by atoms with van der Waals surface area (Å²) < 4.78 is 1.67. The minimum atomic E-state index is -0.345. The van der Waals surface area contributed by atoms with Crippen LogP contribution in [0, 0.1) is 0 Å². The van der Waals surface area contributed by atoms with Crippen LogP contribution in [0.4, 0.5) is 5.82 Å². The van der Waals surface area contributed by atoms with Crippen molar-refractivity contribution in [3.8, 4) is 0 Å². The minimum absolute atomic E-state index is 0.0290. The summed E-state index contributed by atoms with van der Waals surface area (Å²) in [6.45, 7) is 0.678. The van der Waals surface area contributed by atoms with E-state index in [0.29, 0.717) is 12.4 Å². The molecule has 1 amide bonds. The van der Waals surface area contributed by atoms with Gasteiger partial charge in [-0.25, -0.2) is 0 Å². The molecule has 1 saturated heterocycles. The Hall–Kier alpha value is -1.36. The van der Waals surface area contributed by atoms with Gasteiger partial charge >= 0.3 is 0 Å². The molecule has 2 rings (SSSR count). The Morgan fingerprint density at radius 2 is 2.46 bits per heavy atom. The first-order valence-electron chi connectivity index (χ1n) is 4.25. The third kappa shape index (κ3) is 1.31. The molecule has 0 bridgehead atoms. The SMILES string of the molecule is Cn1ccc(N2CCC(N)C2=O)n1. The maximum absolute atomic E-state index is 11.5. The first kappa shape index (κ1) is 8.25. The Kier molecular flexibility index (Phi) is 1.81. The predicted octanol–water partition coefficient (Wildman–Crippen LogP) is -0.516. The molecule has 0 aromatic carbocycles. The maximum atomic E-state index is 11.5. The Morgan fingerprint density at radius 1 is 1.69 bits per heavy atom. The van der Waals surface area contributed by atoms with Crippen molar-refractivity contribution in [2.75, 3.05) is 11.4 Å². The number of rotatable bonds is 1. The van der Waals surface area contributed by atoms with Crippen molar-refractivity contribution in [3.05, 3.63) is 12.3 Å². The fraction of sp³-hybridized carbons (Fsp3) is 0.500. The fourth-order valence-electron chi connectivity index (χ4n) is 1.48. The Bertz CT molecular complexity index is 333. The van der Waals surface area contributed by atoms with E-state index in [-0.39, 0.29) is 11.9 Å². The molecule has 2 heterocycles. The van der Waals surface area contributed by atoms with Gasteiger partial charge in [-0.1, -0.05) is 0 Å². The van der Waals surface area contributed by atoms with Crippen LogP contribution in [0.15, 0.2) is 12.3 Å². The third-order valence-corrected chi connectivity index (χ3v) is 2.22. The molecule has 0 aliphatic carbocycles. The van der Waals surface area contributed by atoms with E-state index < -0.39 is 0 Å². The van der Waals surface area contributed by atoms with Gasteiger partial charge in [0, 0.05) is 25.9 Å². The molecule has 13 heavy (non-hydrogen) atoms. The lowest BCUT2D eigenvalue weighted by atomic mass is 10.3. The number of nitrogens with zero attached hydrogens (tertiary/aromatic N) is 3. The summed E-state index contributed by atoms with van der Waals surface area (Å²) >= 11 is 0. The highest BCUT2D eigenvalue weighted by molar-refractivity contribution is 5.98. The van der Waals surface area contributed by atoms with Gasteiger partial charge in [-0.05, 0) is 6.42 Å². The van der Waals surface area contributed by atoms with Crippen LogP contribution in [0.2, 0.25) is 0 Å². The molecule has 0 saturated carbocycles. The van der Waals surface area contributed by atoms with Crippen LogP contribution in [0.3, 0.4) is 0 Å². The lowest BCUT2D eigenvalue weighted by Gasteiger charge is -2.11. The van der Waals surface area contributed by atoms with E-state index in [4.69, 9.17) is 5.73 Å². The summed E-state index contributed by atoms with van der Waals surface area (Å²) in [5.41, 5.74) is 5.59. The molecule has 1 fully saturated rings. The molecule has 0 radical (unpaired) electrons. The number of carbonyl (C=O) groups excluding carboxylic acids is 1. The van der Waals surface area contributed by atoms with E-state index >= 15 is 0 Å². The number of carbonyl (C=O) groups is 1. The molecule has 5 nitrogen and oxygen atoms in total. The molecule has 1 unspecified atom stereocenters. The van der Waals surface area contributed by atoms with Crippen LogP contribution in [0.5, 0.6) is 0 Å². The van der Waals surface area contributed by atoms with Gasteiger partial charge in [0.05, 0.1) is 6.04 Å². The van der Waals surface area contributed by atoms with Gasteiger partial charge in [0.15, 0.2) is 5.82 Å². The number of hydrogen-bond acceptors (Lipinski definition) is 3. The molecule has 1 aliphatic rings. The van der Waals surface area contributed by atoms with Gasteiger partial charge in [-0.15, -0.1) is 0 Å². The van der Waals surface area contributed by atoms with Crippen LogP contribution in [-0.4, -0.2) is 28.3 Å². The highest BCUT2D eigenvalue weighted by atomic mass is 16.2. The summed E-state index contributed by atoms with van der Waals surface area (Å²) in [4.78, 5) is 13.1. The monoisotopic (exact) mass is 180 g/mol. The molecular formula is C8H12N4O. The van der Waals surface area contributed by atoms with E-state index in [2.05, 4.69) is 5.10 Å². The van der Waals surface area contributed by atoms with E-state index in [9.17, 15) is 4.79 Å². The second-order valence-corrected chi connectivity index (χ2v) is 3.23. The average molecular weight is 180 g/mol. The largest absolute Gasteiger partial charge is 0.320 e. The summed E-state index contributed by atoms with van der Waals surface area (Å²) in [7, 11) is 1.82. The first-order valence-corrected chi connectivity index (χ1v) is 4.25. The highest BCUT2D eigenvalue weighted by Crippen LogP contribution is 2.17. The Balaban J connectivity index is 2.23. The van der Waals surface area contributed by atoms with Gasteiger partial charge in [0.2, 0.25) is 5.91 Å². The number of amides is 1. The zero-order valence-corrected chi connectivity index (χ0v) is 7.47. The zero-order chi connectivity index (χ0) is 9.42. The van der Waals surface area contributed by atoms with Crippen molar-refractivity contribution in [3.63, 3.8) is 0 Å². The summed E-state index contributed by atoms with van der Waals surface area (Å²) in [6, 6.07) is 1.47. The van der Waals surface area contributed by atoms with Gasteiger partial charge in [-0.2, -0.15) is 5.10 Å². The summed E-state index contributed by atoms with van der Waals surface area (Å²) in [6.07, 6.45) is 2.53. The third-order valence-electron chi connectivity index (χ3n) is 2.22. The second-order valence-electron chi connectivity index (χ2n) is 3.23.